The van der Waals surface area contributed by atoms with E-state index in [4.69, 9.17) is 16.9 Å². The van der Waals surface area contributed by atoms with Crippen molar-refractivity contribution in [3.05, 3.63) is 70.3 Å². The lowest BCUT2D eigenvalue weighted by molar-refractivity contribution is -0.112. The van der Waals surface area contributed by atoms with Gasteiger partial charge < -0.3 is 5.32 Å². The molecule has 104 valence electrons. The Morgan fingerprint density at radius 3 is 2.57 bits per heavy atom. The quantitative estimate of drug-likeness (QED) is 0.682. The summed E-state index contributed by atoms with van der Waals surface area (Å²) < 4.78 is 0. The molecule has 0 radical (unpaired) electrons. The van der Waals surface area contributed by atoms with Gasteiger partial charge in [-0.1, -0.05) is 41.4 Å². The Bertz CT molecular complexity index is 727. The van der Waals surface area contributed by atoms with E-state index in [1.807, 2.05) is 37.3 Å². The van der Waals surface area contributed by atoms with E-state index < -0.39 is 5.91 Å². The fourth-order valence-corrected chi connectivity index (χ4v) is 1.93. The Labute approximate surface area is 128 Å². The molecule has 4 heteroatoms. The highest BCUT2D eigenvalue weighted by atomic mass is 35.5. The number of aryl methyl sites for hydroxylation is 1. The van der Waals surface area contributed by atoms with Crippen molar-refractivity contribution in [1.29, 1.82) is 5.26 Å². The van der Waals surface area contributed by atoms with Crippen molar-refractivity contribution in [2.24, 2.45) is 0 Å². The average molecular weight is 297 g/mol. The van der Waals surface area contributed by atoms with Crippen molar-refractivity contribution in [3.63, 3.8) is 0 Å². The van der Waals surface area contributed by atoms with Crippen LogP contribution >= 0.6 is 11.6 Å². The summed E-state index contributed by atoms with van der Waals surface area (Å²) in [5.74, 6) is -0.443. The van der Waals surface area contributed by atoms with Crippen LogP contribution in [0.25, 0.3) is 6.08 Å². The molecular weight excluding hydrogens is 284 g/mol. The summed E-state index contributed by atoms with van der Waals surface area (Å²) in [4.78, 5) is 12.1. The maximum Gasteiger partial charge on any atom is 0.266 e. The average Bonchev–Trinajstić information content (AvgIpc) is 2.47. The third-order valence-electron chi connectivity index (χ3n) is 2.82. The molecule has 0 fully saturated rings. The van der Waals surface area contributed by atoms with Gasteiger partial charge in [-0.15, -0.1) is 0 Å². The van der Waals surface area contributed by atoms with Crippen LogP contribution in [-0.2, 0) is 4.79 Å². The smallest absolute Gasteiger partial charge is 0.266 e. The molecule has 2 aromatic rings. The number of rotatable bonds is 3. The fourth-order valence-electron chi connectivity index (χ4n) is 1.81. The van der Waals surface area contributed by atoms with Crippen molar-refractivity contribution >= 4 is 29.3 Å². The molecule has 3 nitrogen and oxygen atoms in total. The van der Waals surface area contributed by atoms with Crippen molar-refractivity contribution in [2.45, 2.75) is 6.92 Å². The molecule has 0 aliphatic heterocycles. The second-order valence-corrected chi connectivity index (χ2v) is 4.98. The molecule has 2 rings (SSSR count). The maximum atomic E-state index is 12.1. The first-order valence-electron chi connectivity index (χ1n) is 6.34. The largest absolute Gasteiger partial charge is 0.321 e. The van der Waals surface area contributed by atoms with Gasteiger partial charge in [-0.05, 0) is 42.8 Å². The first-order chi connectivity index (χ1) is 10.1. The van der Waals surface area contributed by atoms with Gasteiger partial charge in [-0.25, -0.2) is 0 Å². The van der Waals surface area contributed by atoms with Crippen molar-refractivity contribution in [1.82, 2.24) is 0 Å². The van der Waals surface area contributed by atoms with Crippen LogP contribution in [0.15, 0.2) is 54.1 Å². The van der Waals surface area contributed by atoms with E-state index in [-0.39, 0.29) is 5.57 Å². The van der Waals surface area contributed by atoms with E-state index in [1.54, 1.807) is 30.3 Å². The van der Waals surface area contributed by atoms with Crippen LogP contribution in [0.3, 0.4) is 0 Å². The molecular formula is C17H13ClN2O. The van der Waals surface area contributed by atoms with E-state index in [2.05, 4.69) is 5.32 Å². The lowest BCUT2D eigenvalue weighted by atomic mass is 10.1. The molecule has 0 aromatic heterocycles. The lowest BCUT2D eigenvalue weighted by Gasteiger charge is -2.04. The summed E-state index contributed by atoms with van der Waals surface area (Å²) in [7, 11) is 0. The summed E-state index contributed by atoms with van der Waals surface area (Å²) in [5, 5.41) is 12.4. The third kappa shape index (κ3) is 4.20. The van der Waals surface area contributed by atoms with Gasteiger partial charge in [0.2, 0.25) is 0 Å². The summed E-state index contributed by atoms with van der Waals surface area (Å²) in [6, 6.07) is 16.2. The predicted octanol–water partition coefficient (Wildman–Crippen LogP) is 4.19. The molecule has 21 heavy (non-hydrogen) atoms. The number of hydrogen-bond donors (Lipinski definition) is 1. The minimum absolute atomic E-state index is 0.0514. The van der Waals surface area contributed by atoms with Crippen LogP contribution in [0.4, 0.5) is 5.69 Å². The van der Waals surface area contributed by atoms with Crippen molar-refractivity contribution in [2.75, 3.05) is 5.32 Å². The Morgan fingerprint density at radius 1 is 1.24 bits per heavy atom. The number of carbonyl (C=O) groups excluding carboxylic acids is 1. The van der Waals surface area contributed by atoms with Crippen LogP contribution in [0, 0.1) is 18.3 Å². The standard InChI is InChI=1S/C17H13ClN2O/c1-12-3-2-4-13(9-12)10-14(11-19)17(21)20-16-7-5-15(18)6-8-16/h2-10H,1H3,(H,20,21)/b14-10+. The summed E-state index contributed by atoms with van der Waals surface area (Å²) >= 11 is 5.78. The minimum Gasteiger partial charge on any atom is -0.321 e. The Hall–Kier alpha value is -2.57. The number of nitrogens with zero attached hydrogens (tertiary/aromatic N) is 1. The zero-order chi connectivity index (χ0) is 15.2. The van der Waals surface area contributed by atoms with Gasteiger partial charge in [0, 0.05) is 10.7 Å². The fraction of sp³-hybridized carbons (Fsp3) is 0.0588. The minimum atomic E-state index is -0.443. The summed E-state index contributed by atoms with van der Waals surface area (Å²) in [6.07, 6.45) is 1.57. The Balaban J connectivity index is 2.19. The number of anilines is 1. The molecule has 0 unspecified atom stereocenters. The SMILES string of the molecule is Cc1cccc(/C=C(\C#N)C(=O)Nc2ccc(Cl)cc2)c1. The van der Waals surface area contributed by atoms with Crippen LogP contribution in [0.2, 0.25) is 5.02 Å². The molecule has 0 saturated heterocycles. The number of hydrogen-bond acceptors (Lipinski definition) is 2. The number of halogens is 1. The zero-order valence-electron chi connectivity index (χ0n) is 11.4. The third-order valence-corrected chi connectivity index (χ3v) is 3.07. The van der Waals surface area contributed by atoms with Crippen molar-refractivity contribution < 1.29 is 4.79 Å². The monoisotopic (exact) mass is 296 g/mol. The van der Waals surface area contributed by atoms with Gasteiger partial charge in [-0.2, -0.15) is 5.26 Å². The number of carbonyl (C=O) groups is 1. The Morgan fingerprint density at radius 2 is 1.95 bits per heavy atom. The van der Waals surface area contributed by atoms with E-state index in [1.165, 1.54) is 0 Å². The molecule has 1 N–H and O–H groups in total. The van der Waals surface area contributed by atoms with Gasteiger partial charge in [0.05, 0.1) is 0 Å². The van der Waals surface area contributed by atoms with Crippen LogP contribution in [0.1, 0.15) is 11.1 Å². The molecule has 1 amide bonds. The second kappa shape index (κ2) is 6.74. The molecule has 0 saturated carbocycles. The lowest BCUT2D eigenvalue weighted by Crippen LogP contribution is -2.13. The normalized spacial score (nSPS) is 10.8. The van der Waals surface area contributed by atoms with Gasteiger partial charge in [-0.3, -0.25) is 4.79 Å². The van der Waals surface area contributed by atoms with Crippen molar-refractivity contribution in [3.8, 4) is 6.07 Å². The molecule has 0 aliphatic carbocycles. The Kier molecular flexibility index (Phi) is 4.76. The topological polar surface area (TPSA) is 52.9 Å². The summed E-state index contributed by atoms with van der Waals surface area (Å²) in [6.45, 7) is 1.96. The number of benzene rings is 2. The second-order valence-electron chi connectivity index (χ2n) is 4.54. The molecule has 2 aromatic carbocycles. The van der Waals surface area contributed by atoms with Gasteiger partial charge in [0.1, 0.15) is 11.6 Å². The first kappa shape index (κ1) is 14.8. The predicted molar refractivity (Wildman–Crippen MR) is 84.9 cm³/mol. The zero-order valence-corrected chi connectivity index (χ0v) is 12.2. The van der Waals surface area contributed by atoms with E-state index in [0.29, 0.717) is 10.7 Å². The highest BCUT2D eigenvalue weighted by Crippen LogP contribution is 2.15. The molecule has 0 spiro atoms. The van der Waals surface area contributed by atoms with E-state index in [0.717, 1.165) is 11.1 Å². The highest BCUT2D eigenvalue weighted by Gasteiger charge is 2.09. The first-order valence-corrected chi connectivity index (χ1v) is 6.71. The van der Waals surface area contributed by atoms with Crippen LogP contribution in [-0.4, -0.2) is 5.91 Å². The van der Waals surface area contributed by atoms with E-state index in [9.17, 15) is 4.79 Å². The van der Waals surface area contributed by atoms with Gasteiger partial charge in [0.15, 0.2) is 0 Å². The number of nitriles is 1. The molecule has 0 bridgehead atoms. The number of nitrogens with one attached hydrogen (secondary N) is 1. The molecule has 0 atom stereocenters. The van der Waals surface area contributed by atoms with Crippen LogP contribution in [0.5, 0.6) is 0 Å². The molecule has 0 heterocycles. The van der Waals surface area contributed by atoms with E-state index >= 15 is 0 Å². The van der Waals surface area contributed by atoms with Gasteiger partial charge >= 0.3 is 0 Å². The number of amides is 1. The van der Waals surface area contributed by atoms with Gasteiger partial charge in [0.25, 0.3) is 5.91 Å². The maximum absolute atomic E-state index is 12.1. The highest BCUT2D eigenvalue weighted by molar-refractivity contribution is 6.30. The summed E-state index contributed by atoms with van der Waals surface area (Å²) in [5.41, 5.74) is 2.53. The van der Waals surface area contributed by atoms with Crippen LogP contribution < -0.4 is 5.32 Å². The molecule has 0 aliphatic rings.